The molecule has 0 bridgehead atoms. The highest BCUT2D eigenvalue weighted by molar-refractivity contribution is 5.83. The van der Waals surface area contributed by atoms with Gasteiger partial charge in [0, 0.05) is 0 Å². The minimum Gasteiger partial charge on any atom is -0.479 e. The molecule has 1 aliphatic rings. The maximum absolute atomic E-state index is 13.0. The molecule has 144 valence electrons. The van der Waals surface area contributed by atoms with Gasteiger partial charge in [0.2, 0.25) is 5.91 Å². The lowest BCUT2D eigenvalue weighted by Crippen LogP contribution is -2.38. The van der Waals surface area contributed by atoms with Crippen molar-refractivity contribution >= 4 is 11.9 Å². The number of hydrogen-bond acceptors (Lipinski definition) is 3. The molecule has 1 saturated heterocycles. The van der Waals surface area contributed by atoms with E-state index in [1.165, 1.54) is 12.1 Å². The smallest absolute Gasteiger partial charge is 0.416 e. The first kappa shape index (κ1) is 20.2. The standard InChI is InChI=1S/C18H22F3NO4/c1-10(2)8-13(11-4-3-5-12(9-11)18(19,20)21)22-16(23)14-6-7-15(26-14)17(24)25/h3-5,9-10,13-15H,6-8H2,1-2H3,(H,22,23)(H,24,25)/t13?,14-,15+/m0/s1. The van der Waals surface area contributed by atoms with Crippen LogP contribution in [-0.2, 0) is 20.5 Å². The molecule has 2 rings (SSSR count). The van der Waals surface area contributed by atoms with Gasteiger partial charge < -0.3 is 15.2 Å². The lowest BCUT2D eigenvalue weighted by Gasteiger charge is -2.23. The number of carbonyl (C=O) groups is 2. The number of amides is 1. The minimum absolute atomic E-state index is 0.131. The fraction of sp³-hybridized carbons (Fsp3) is 0.556. The summed E-state index contributed by atoms with van der Waals surface area (Å²) in [6, 6.07) is 4.25. The summed E-state index contributed by atoms with van der Waals surface area (Å²) in [6.45, 7) is 3.80. The number of hydrogen-bond donors (Lipinski definition) is 2. The minimum atomic E-state index is -4.47. The average molecular weight is 373 g/mol. The molecule has 0 spiro atoms. The highest BCUT2D eigenvalue weighted by Gasteiger charge is 2.36. The Hall–Kier alpha value is -2.09. The molecular weight excluding hydrogens is 351 g/mol. The van der Waals surface area contributed by atoms with E-state index in [1.54, 1.807) is 0 Å². The summed E-state index contributed by atoms with van der Waals surface area (Å²) in [6.07, 6.45) is -5.46. The molecule has 0 radical (unpaired) electrons. The highest BCUT2D eigenvalue weighted by atomic mass is 19.4. The molecule has 1 fully saturated rings. The average Bonchev–Trinajstić information content (AvgIpc) is 3.03. The third-order valence-electron chi connectivity index (χ3n) is 4.23. The van der Waals surface area contributed by atoms with Gasteiger partial charge in [0.1, 0.15) is 6.10 Å². The van der Waals surface area contributed by atoms with Crippen LogP contribution in [0.3, 0.4) is 0 Å². The number of carboxylic acids is 1. The van der Waals surface area contributed by atoms with E-state index < -0.39 is 41.9 Å². The zero-order chi connectivity index (χ0) is 19.5. The summed E-state index contributed by atoms with van der Waals surface area (Å²) < 4.78 is 44.1. The fourth-order valence-corrected chi connectivity index (χ4v) is 2.96. The van der Waals surface area contributed by atoms with Gasteiger partial charge in [-0.05, 0) is 42.9 Å². The summed E-state index contributed by atoms with van der Waals surface area (Å²) >= 11 is 0. The van der Waals surface area contributed by atoms with Crippen LogP contribution in [-0.4, -0.2) is 29.2 Å². The highest BCUT2D eigenvalue weighted by Crippen LogP contribution is 2.32. The van der Waals surface area contributed by atoms with Crippen molar-refractivity contribution in [1.82, 2.24) is 5.32 Å². The topological polar surface area (TPSA) is 75.6 Å². The first-order chi connectivity index (χ1) is 12.1. The molecule has 1 heterocycles. The van der Waals surface area contributed by atoms with Crippen molar-refractivity contribution in [3.05, 3.63) is 35.4 Å². The van der Waals surface area contributed by atoms with Gasteiger partial charge in [-0.15, -0.1) is 0 Å². The predicted octanol–water partition coefficient (Wildman–Crippen LogP) is 3.54. The van der Waals surface area contributed by atoms with E-state index >= 15 is 0 Å². The molecule has 0 aliphatic carbocycles. The normalized spacial score (nSPS) is 21.6. The lowest BCUT2D eigenvalue weighted by atomic mass is 9.95. The van der Waals surface area contributed by atoms with Gasteiger partial charge in [0.25, 0.3) is 0 Å². The van der Waals surface area contributed by atoms with Crippen molar-refractivity contribution in [3.8, 4) is 0 Å². The Bertz CT molecular complexity index is 660. The van der Waals surface area contributed by atoms with Crippen LogP contribution in [0, 0.1) is 5.92 Å². The van der Waals surface area contributed by atoms with Crippen LogP contribution in [0.5, 0.6) is 0 Å². The van der Waals surface area contributed by atoms with Crippen LogP contribution >= 0.6 is 0 Å². The number of halogens is 3. The van der Waals surface area contributed by atoms with Crippen molar-refractivity contribution in [3.63, 3.8) is 0 Å². The lowest BCUT2D eigenvalue weighted by molar-refractivity contribution is -0.152. The second-order valence-electron chi connectivity index (χ2n) is 6.84. The van der Waals surface area contributed by atoms with Crippen LogP contribution < -0.4 is 5.32 Å². The van der Waals surface area contributed by atoms with Gasteiger partial charge in [-0.1, -0.05) is 26.0 Å². The Morgan fingerprint density at radius 2 is 1.92 bits per heavy atom. The summed E-state index contributed by atoms with van der Waals surface area (Å²) in [5, 5.41) is 11.7. The van der Waals surface area contributed by atoms with E-state index in [4.69, 9.17) is 9.84 Å². The molecule has 26 heavy (non-hydrogen) atoms. The van der Waals surface area contributed by atoms with Gasteiger partial charge in [-0.2, -0.15) is 13.2 Å². The Morgan fingerprint density at radius 3 is 2.46 bits per heavy atom. The van der Waals surface area contributed by atoms with E-state index in [9.17, 15) is 22.8 Å². The van der Waals surface area contributed by atoms with Gasteiger partial charge in [-0.25, -0.2) is 4.79 Å². The molecule has 3 atom stereocenters. The van der Waals surface area contributed by atoms with E-state index in [2.05, 4.69) is 5.32 Å². The summed E-state index contributed by atoms with van der Waals surface area (Å²) in [4.78, 5) is 23.3. The molecule has 2 N–H and O–H groups in total. The molecule has 0 aromatic heterocycles. The molecule has 8 heteroatoms. The molecule has 1 aliphatic heterocycles. The largest absolute Gasteiger partial charge is 0.479 e. The van der Waals surface area contributed by atoms with Crippen LogP contribution in [0.15, 0.2) is 24.3 Å². The van der Waals surface area contributed by atoms with Gasteiger partial charge in [-0.3, -0.25) is 4.79 Å². The van der Waals surface area contributed by atoms with Crippen molar-refractivity contribution in [1.29, 1.82) is 0 Å². The monoisotopic (exact) mass is 373 g/mol. The summed E-state index contributed by atoms with van der Waals surface area (Å²) in [5.41, 5.74) is -0.421. The van der Waals surface area contributed by atoms with Crippen LogP contribution in [0.4, 0.5) is 13.2 Å². The maximum Gasteiger partial charge on any atom is 0.416 e. The van der Waals surface area contributed by atoms with Crippen LogP contribution in [0.1, 0.15) is 50.3 Å². The number of nitrogens with one attached hydrogen (secondary N) is 1. The van der Waals surface area contributed by atoms with Crippen LogP contribution in [0.25, 0.3) is 0 Å². The number of alkyl halides is 3. The van der Waals surface area contributed by atoms with Crippen molar-refractivity contribution < 1.29 is 32.6 Å². The Balaban J connectivity index is 2.15. The van der Waals surface area contributed by atoms with Crippen LogP contribution in [0.2, 0.25) is 0 Å². The number of rotatable bonds is 6. The predicted molar refractivity (Wildman–Crippen MR) is 87.3 cm³/mol. The molecular formula is C18H22F3NO4. The number of carboxylic acid groups (broad SMARTS) is 1. The number of benzene rings is 1. The van der Waals surface area contributed by atoms with Gasteiger partial charge in [0.15, 0.2) is 6.10 Å². The molecule has 5 nitrogen and oxygen atoms in total. The van der Waals surface area contributed by atoms with E-state index in [0.717, 1.165) is 12.1 Å². The second kappa shape index (κ2) is 8.07. The summed E-state index contributed by atoms with van der Waals surface area (Å²) in [7, 11) is 0. The van der Waals surface area contributed by atoms with Crippen molar-refractivity contribution in [2.75, 3.05) is 0 Å². The number of carbonyl (C=O) groups excluding carboxylic acids is 1. The number of ether oxygens (including phenoxy) is 1. The summed E-state index contributed by atoms with van der Waals surface area (Å²) in [5.74, 6) is -1.50. The molecule has 1 amide bonds. The molecule has 1 aromatic carbocycles. The SMILES string of the molecule is CC(C)CC(NC(=O)[C@@H]1CC[C@H](C(=O)O)O1)c1cccc(C(F)(F)F)c1. The molecule has 1 aromatic rings. The number of aliphatic carboxylic acids is 1. The first-order valence-electron chi connectivity index (χ1n) is 8.43. The van der Waals surface area contributed by atoms with Gasteiger partial charge >= 0.3 is 12.1 Å². The quantitative estimate of drug-likeness (QED) is 0.800. The third kappa shape index (κ3) is 5.20. The van der Waals surface area contributed by atoms with Gasteiger partial charge in [0.05, 0.1) is 11.6 Å². The van der Waals surface area contributed by atoms with E-state index in [-0.39, 0.29) is 18.8 Å². The maximum atomic E-state index is 13.0. The van der Waals surface area contributed by atoms with E-state index in [1.807, 2.05) is 13.8 Å². The Labute approximate surface area is 149 Å². The van der Waals surface area contributed by atoms with Crippen molar-refractivity contribution in [2.24, 2.45) is 5.92 Å². The fourth-order valence-electron chi connectivity index (χ4n) is 2.96. The molecule has 1 unspecified atom stereocenters. The Morgan fingerprint density at radius 1 is 1.27 bits per heavy atom. The second-order valence-corrected chi connectivity index (χ2v) is 6.84. The van der Waals surface area contributed by atoms with E-state index in [0.29, 0.717) is 12.0 Å². The zero-order valence-electron chi connectivity index (χ0n) is 14.5. The molecule has 0 saturated carbocycles. The first-order valence-corrected chi connectivity index (χ1v) is 8.43. The third-order valence-corrected chi connectivity index (χ3v) is 4.23. The Kier molecular flexibility index (Phi) is 6.28. The zero-order valence-corrected chi connectivity index (χ0v) is 14.5. The van der Waals surface area contributed by atoms with Crippen molar-refractivity contribution in [2.45, 2.75) is 57.5 Å².